The SMILES string of the molecule is CCC1OCC2(C)CC12. The third kappa shape index (κ3) is 0.644. The highest BCUT2D eigenvalue weighted by molar-refractivity contribution is 5.06. The van der Waals surface area contributed by atoms with Gasteiger partial charge in [0.05, 0.1) is 12.7 Å². The minimum atomic E-state index is 0.606. The predicted molar refractivity (Wildman–Crippen MR) is 36.2 cm³/mol. The number of hydrogen-bond donors (Lipinski definition) is 0. The van der Waals surface area contributed by atoms with E-state index in [0.717, 1.165) is 12.5 Å². The molecule has 0 radical (unpaired) electrons. The predicted octanol–water partition coefficient (Wildman–Crippen LogP) is 1.82. The molecule has 2 rings (SSSR count). The molecule has 1 saturated heterocycles. The van der Waals surface area contributed by atoms with Crippen LogP contribution in [0.1, 0.15) is 26.7 Å². The first-order valence-corrected chi connectivity index (χ1v) is 3.88. The quantitative estimate of drug-likeness (QED) is 0.520. The van der Waals surface area contributed by atoms with Gasteiger partial charge in [0, 0.05) is 0 Å². The molecule has 0 spiro atoms. The lowest BCUT2D eigenvalue weighted by atomic mass is 10.1. The maximum atomic E-state index is 5.57. The van der Waals surface area contributed by atoms with Crippen molar-refractivity contribution in [2.24, 2.45) is 11.3 Å². The summed E-state index contributed by atoms with van der Waals surface area (Å²) in [5, 5.41) is 0. The van der Waals surface area contributed by atoms with Crippen molar-refractivity contribution in [2.45, 2.75) is 32.8 Å². The van der Waals surface area contributed by atoms with Crippen LogP contribution in [0.2, 0.25) is 0 Å². The molecule has 1 heterocycles. The van der Waals surface area contributed by atoms with E-state index in [0.29, 0.717) is 11.5 Å². The second-order valence-corrected chi connectivity index (χ2v) is 3.72. The van der Waals surface area contributed by atoms with Crippen molar-refractivity contribution in [3.05, 3.63) is 0 Å². The Kier molecular flexibility index (Phi) is 0.963. The molecule has 1 nitrogen and oxygen atoms in total. The fourth-order valence-electron chi connectivity index (χ4n) is 2.01. The fraction of sp³-hybridized carbons (Fsp3) is 1.00. The molecule has 3 atom stereocenters. The molecule has 2 fully saturated rings. The van der Waals surface area contributed by atoms with Crippen molar-refractivity contribution in [1.29, 1.82) is 0 Å². The Balaban J connectivity index is 2.04. The number of rotatable bonds is 1. The van der Waals surface area contributed by atoms with Gasteiger partial charge in [0.1, 0.15) is 0 Å². The molecular formula is C8H14O. The van der Waals surface area contributed by atoms with Crippen molar-refractivity contribution < 1.29 is 4.74 Å². The van der Waals surface area contributed by atoms with E-state index in [2.05, 4.69) is 13.8 Å². The van der Waals surface area contributed by atoms with E-state index in [-0.39, 0.29) is 0 Å². The Morgan fingerprint density at radius 2 is 2.44 bits per heavy atom. The summed E-state index contributed by atoms with van der Waals surface area (Å²) >= 11 is 0. The minimum Gasteiger partial charge on any atom is -0.377 e. The molecule has 0 aromatic carbocycles. The van der Waals surface area contributed by atoms with Gasteiger partial charge >= 0.3 is 0 Å². The first-order chi connectivity index (χ1) is 4.26. The normalized spacial score (nSPS) is 55.3. The zero-order valence-electron chi connectivity index (χ0n) is 6.18. The molecular weight excluding hydrogens is 112 g/mol. The molecule has 0 bridgehead atoms. The van der Waals surface area contributed by atoms with E-state index in [1.807, 2.05) is 0 Å². The van der Waals surface area contributed by atoms with Crippen molar-refractivity contribution >= 4 is 0 Å². The van der Waals surface area contributed by atoms with E-state index in [1.54, 1.807) is 0 Å². The van der Waals surface area contributed by atoms with Gasteiger partial charge in [-0.15, -0.1) is 0 Å². The summed E-state index contributed by atoms with van der Waals surface area (Å²) in [7, 11) is 0. The first-order valence-electron chi connectivity index (χ1n) is 3.88. The van der Waals surface area contributed by atoms with Crippen LogP contribution in [0.15, 0.2) is 0 Å². The van der Waals surface area contributed by atoms with Crippen LogP contribution in [0.25, 0.3) is 0 Å². The molecule has 3 unspecified atom stereocenters. The summed E-state index contributed by atoms with van der Waals surface area (Å²) in [5.74, 6) is 0.919. The Labute approximate surface area is 56.4 Å². The topological polar surface area (TPSA) is 9.23 Å². The fourth-order valence-corrected chi connectivity index (χ4v) is 2.01. The lowest BCUT2D eigenvalue weighted by Crippen LogP contribution is -2.07. The highest BCUT2D eigenvalue weighted by Gasteiger charge is 2.58. The van der Waals surface area contributed by atoms with Gasteiger partial charge in [0.2, 0.25) is 0 Å². The maximum Gasteiger partial charge on any atom is 0.0607 e. The zero-order chi connectivity index (χ0) is 6.48. The molecule has 0 aromatic heterocycles. The highest BCUT2D eigenvalue weighted by Crippen LogP contribution is 2.60. The van der Waals surface area contributed by atoms with Crippen LogP contribution >= 0.6 is 0 Å². The summed E-state index contributed by atoms with van der Waals surface area (Å²) in [6, 6.07) is 0. The molecule has 1 aliphatic heterocycles. The first kappa shape index (κ1) is 5.72. The van der Waals surface area contributed by atoms with Crippen LogP contribution in [-0.4, -0.2) is 12.7 Å². The third-order valence-corrected chi connectivity index (χ3v) is 2.90. The van der Waals surface area contributed by atoms with E-state index < -0.39 is 0 Å². The van der Waals surface area contributed by atoms with Crippen LogP contribution in [0, 0.1) is 11.3 Å². The van der Waals surface area contributed by atoms with Crippen LogP contribution in [0.4, 0.5) is 0 Å². The Morgan fingerprint density at radius 3 is 2.67 bits per heavy atom. The van der Waals surface area contributed by atoms with Gasteiger partial charge in [0.25, 0.3) is 0 Å². The lowest BCUT2D eigenvalue weighted by molar-refractivity contribution is 0.0702. The van der Waals surface area contributed by atoms with Gasteiger partial charge in [-0.1, -0.05) is 13.8 Å². The molecule has 0 N–H and O–H groups in total. The molecule has 0 aromatic rings. The van der Waals surface area contributed by atoms with Crippen molar-refractivity contribution in [3.8, 4) is 0 Å². The molecule has 1 heteroatoms. The van der Waals surface area contributed by atoms with Gasteiger partial charge in [-0.2, -0.15) is 0 Å². The van der Waals surface area contributed by atoms with Gasteiger partial charge in [-0.25, -0.2) is 0 Å². The Hall–Kier alpha value is -0.0400. The lowest BCUT2D eigenvalue weighted by Gasteiger charge is -2.07. The minimum absolute atomic E-state index is 0.606. The van der Waals surface area contributed by atoms with Crippen LogP contribution < -0.4 is 0 Å². The largest absolute Gasteiger partial charge is 0.377 e. The van der Waals surface area contributed by atoms with Crippen LogP contribution in [-0.2, 0) is 4.74 Å². The summed E-state index contributed by atoms with van der Waals surface area (Å²) in [5.41, 5.74) is 0.612. The standard InChI is InChI=1S/C8H14O/c1-3-7-6-4-8(6,2)5-9-7/h6-7H,3-5H2,1-2H3. The van der Waals surface area contributed by atoms with E-state index in [9.17, 15) is 0 Å². The monoisotopic (exact) mass is 126 g/mol. The van der Waals surface area contributed by atoms with Gasteiger partial charge < -0.3 is 4.74 Å². The summed E-state index contributed by atoms with van der Waals surface area (Å²) < 4.78 is 5.57. The molecule has 2 aliphatic rings. The third-order valence-electron chi connectivity index (χ3n) is 2.90. The molecule has 1 saturated carbocycles. The maximum absolute atomic E-state index is 5.57. The van der Waals surface area contributed by atoms with Crippen LogP contribution in [0.5, 0.6) is 0 Å². The van der Waals surface area contributed by atoms with Crippen molar-refractivity contribution in [1.82, 2.24) is 0 Å². The molecule has 1 aliphatic carbocycles. The summed E-state index contributed by atoms with van der Waals surface area (Å²) in [6.07, 6.45) is 3.24. The summed E-state index contributed by atoms with van der Waals surface area (Å²) in [4.78, 5) is 0. The van der Waals surface area contributed by atoms with Gasteiger partial charge in [-0.05, 0) is 24.2 Å². The average molecular weight is 126 g/mol. The van der Waals surface area contributed by atoms with Gasteiger partial charge in [-0.3, -0.25) is 0 Å². The zero-order valence-corrected chi connectivity index (χ0v) is 6.18. The van der Waals surface area contributed by atoms with E-state index in [4.69, 9.17) is 4.74 Å². The number of fused-ring (bicyclic) bond motifs is 1. The number of hydrogen-bond acceptors (Lipinski definition) is 1. The van der Waals surface area contributed by atoms with Crippen molar-refractivity contribution in [3.63, 3.8) is 0 Å². The van der Waals surface area contributed by atoms with E-state index in [1.165, 1.54) is 12.8 Å². The second-order valence-electron chi connectivity index (χ2n) is 3.72. The molecule has 0 amide bonds. The van der Waals surface area contributed by atoms with Crippen LogP contribution in [0.3, 0.4) is 0 Å². The Bertz CT molecular complexity index is 133. The average Bonchev–Trinajstić information content (AvgIpc) is 2.39. The Morgan fingerprint density at radius 1 is 1.67 bits per heavy atom. The summed E-state index contributed by atoms with van der Waals surface area (Å²) in [6.45, 7) is 5.58. The van der Waals surface area contributed by atoms with Gasteiger partial charge in [0.15, 0.2) is 0 Å². The smallest absolute Gasteiger partial charge is 0.0607 e. The second kappa shape index (κ2) is 1.51. The molecule has 52 valence electrons. The molecule has 9 heavy (non-hydrogen) atoms. The number of ether oxygens (including phenoxy) is 1. The highest BCUT2D eigenvalue weighted by atomic mass is 16.5. The van der Waals surface area contributed by atoms with Crippen molar-refractivity contribution in [2.75, 3.05) is 6.61 Å². The van der Waals surface area contributed by atoms with E-state index >= 15 is 0 Å².